The molecule has 6 heteroatoms. The molecule has 2 aromatic carbocycles. The maximum atomic E-state index is 12.1. The van der Waals surface area contributed by atoms with Gasteiger partial charge in [-0.05, 0) is 35.2 Å². The Morgan fingerprint density at radius 2 is 1.67 bits per heavy atom. The van der Waals surface area contributed by atoms with Crippen LogP contribution in [0, 0.1) is 0 Å². The number of rotatable bonds is 7. The molecule has 2 rings (SSSR count). The van der Waals surface area contributed by atoms with Gasteiger partial charge in [-0.1, -0.05) is 44.2 Å². The fourth-order valence-electron chi connectivity index (χ4n) is 2.50. The van der Waals surface area contributed by atoms with E-state index in [-0.39, 0.29) is 18.4 Å². The van der Waals surface area contributed by atoms with Crippen LogP contribution < -0.4 is 10.6 Å². The van der Waals surface area contributed by atoms with Crippen molar-refractivity contribution < 1.29 is 19.1 Å². The van der Waals surface area contributed by atoms with E-state index in [1.165, 1.54) is 6.92 Å². The van der Waals surface area contributed by atoms with Gasteiger partial charge in [-0.15, -0.1) is 0 Å². The first-order valence-corrected chi connectivity index (χ1v) is 8.76. The largest absolute Gasteiger partial charge is 0.452 e. The van der Waals surface area contributed by atoms with Gasteiger partial charge in [-0.25, -0.2) is 4.79 Å². The highest BCUT2D eigenvalue weighted by Gasteiger charge is 2.12. The van der Waals surface area contributed by atoms with E-state index in [9.17, 15) is 14.4 Å². The summed E-state index contributed by atoms with van der Waals surface area (Å²) in [6, 6.07) is 14.2. The number of ether oxygens (including phenoxy) is 1. The zero-order valence-corrected chi connectivity index (χ0v) is 15.7. The molecule has 0 fully saturated rings. The Kier molecular flexibility index (Phi) is 7.11. The van der Waals surface area contributed by atoms with Crippen LogP contribution in [0.1, 0.15) is 48.2 Å². The van der Waals surface area contributed by atoms with Crippen molar-refractivity contribution in [3.8, 4) is 0 Å². The minimum absolute atomic E-state index is 0.122. The van der Waals surface area contributed by atoms with Crippen LogP contribution in [-0.4, -0.2) is 24.4 Å². The second-order valence-electron chi connectivity index (χ2n) is 6.47. The van der Waals surface area contributed by atoms with Gasteiger partial charge in [0.05, 0.1) is 5.56 Å². The Morgan fingerprint density at radius 1 is 1.00 bits per heavy atom. The van der Waals surface area contributed by atoms with Gasteiger partial charge in [0.25, 0.3) is 5.91 Å². The van der Waals surface area contributed by atoms with Crippen molar-refractivity contribution in [2.45, 2.75) is 33.2 Å². The van der Waals surface area contributed by atoms with Gasteiger partial charge in [0, 0.05) is 19.2 Å². The van der Waals surface area contributed by atoms with Gasteiger partial charge >= 0.3 is 5.97 Å². The number of hydrogen-bond donors (Lipinski definition) is 2. The maximum absolute atomic E-state index is 12.1. The fourth-order valence-corrected chi connectivity index (χ4v) is 2.50. The summed E-state index contributed by atoms with van der Waals surface area (Å²) < 4.78 is 5.08. The molecule has 0 atom stereocenters. The lowest BCUT2D eigenvalue weighted by Crippen LogP contribution is -2.22. The minimum Gasteiger partial charge on any atom is -0.452 e. The van der Waals surface area contributed by atoms with Crippen LogP contribution in [0.4, 0.5) is 5.69 Å². The van der Waals surface area contributed by atoms with Crippen molar-refractivity contribution in [3.05, 3.63) is 65.2 Å². The number of hydrogen-bond acceptors (Lipinski definition) is 4. The Labute approximate surface area is 158 Å². The van der Waals surface area contributed by atoms with Crippen LogP contribution in [0.25, 0.3) is 0 Å². The van der Waals surface area contributed by atoms with Gasteiger partial charge in [-0.2, -0.15) is 0 Å². The van der Waals surface area contributed by atoms with Crippen molar-refractivity contribution in [3.63, 3.8) is 0 Å². The molecule has 0 saturated heterocycles. The summed E-state index contributed by atoms with van der Waals surface area (Å²) in [6.07, 6.45) is 0. The lowest BCUT2D eigenvalue weighted by molar-refractivity contribution is -0.119. The molecule has 0 saturated carbocycles. The molecule has 2 N–H and O–H groups in total. The summed E-state index contributed by atoms with van der Waals surface area (Å²) in [4.78, 5) is 35.1. The zero-order chi connectivity index (χ0) is 19.8. The molecule has 6 nitrogen and oxygen atoms in total. The van der Waals surface area contributed by atoms with Gasteiger partial charge in [0.2, 0.25) is 5.91 Å². The monoisotopic (exact) mass is 368 g/mol. The van der Waals surface area contributed by atoms with E-state index in [1.54, 1.807) is 24.3 Å². The first kappa shape index (κ1) is 20.2. The molecule has 0 bridgehead atoms. The fraction of sp³-hybridized carbons (Fsp3) is 0.286. The maximum Gasteiger partial charge on any atom is 0.338 e. The lowest BCUT2D eigenvalue weighted by Gasteiger charge is -2.13. The summed E-state index contributed by atoms with van der Waals surface area (Å²) in [6.45, 7) is 5.55. The van der Waals surface area contributed by atoms with E-state index < -0.39 is 11.9 Å². The first-order valence-electron chi connectivity index (χ1n) is 8.76. The number of anilines is 1. The molecule has 0 heterocycles. The van der Waals surface area contributed by atoms with Gasteiger partial charge < -0.3 is 15.4 Å². The smallest absolute Gasteiger partial charge is 0.338 e. The molecule has 142 valence electrons. The van der Waals surface area contributed by atoms with Crippen LogP contribution in [0.2, 0.25) is 0 Å². The number of amides is 2. The summed E-state index contributed by atoms with van der Waals surface area (Å²) in [5.41, 5.74) is 2.95. The number of esters is 1. The third-order valence-electron chi connectivity index (χ3n) is 3.92. The van der Waals surface area contributed by atoms with Gasteiger partial charge in [0.1, 0.15) is 0 Å². The highest BCUT2D eigenvalue weighted by Crippen LogP contribution is 2.23. The van der Waals surface area contributed by atoms with E-state index in [1.807, 2.05) is 38.1 Å². The zero-order valence-electron chi connectivity index (χ0n) is 15.7. The van der Waals surface area contributed by atoms with E-state index >= 15 is 0 Å². The summed E-state index contributed by atoms with van der Waals surface area (Å²) in [5, 5.41) is 5.46. The van der Waals surface area contributed by atoms with Crippen molar-refractivity contribution in [2.75, 3.05) is 11.9 Å². The first-order chi connectivity index (χ1) is 12.9. The van der Waals surface area contributed by atoms with E-state index in [4.69, 9.17) is 4.74 Å². The van der Waals surface area contributed by atoms with E-state index in [0.717, 1.165) is 16.8 Å². The Bertz CT molecular complexity index is 813. The van der Waals surface area contributed by atoms with Gasteiger partial charge in [0.15, 0.2) is 6.61 Å². The molecule has 0 aliphatic rings. The molecule has 0 unspecified atom stereocenters. The Balaban J connectivity index is 1.88. The third kappa shape index (κ3) is 6.26. The number of carbonyl (C=O) groups excluding carboxylic acids is 3. The van der Waals surface area contributed by atoms with Crippen LogP contribution in [0.3, 0.4) is 0 Å². The van der Waals surface area contributed by atoms with Crippen LogP contribution in [0.15, 0.2) is 48.5 Å². The van der Waals surface area contributed by atoms with Crippen molar-refractivity contribution in [2.24, 2.45) is 0 Å². The van der Waals surface area contributed by atoms with Crippen molar-refractivity contribution >= 4 is 23.5 Å². The standard InChI is InChI=1S/C21H24N2O4/c1-14(2)18-6-4-5-7-19(18)23-20(25)13-27-21(26)17-10-8-16(9-11-17)12-22-15(3)24/h4-11,14H,12-13H2,1-3H3,(H,22,24)(H,23,25). The predicted octanol–water partition coefficient (Wildman–Crippen LogP) is 3.24. The normalized spacial score (nSPS) is 10.4. The van der Waals surface area contributed by atoms with E-state index in [2.05, 4.69) is 10.6 Å². The number of carbonyl (C=O) groups is 3. The number of para-hydroxylation sites is 1. The molecule has 0 aliphatic heterocycles. The van der Waals surface area contributed by atoms with Crippen LogP contribution in [0.5, 0.6) is 0 Å². The quantitative estimate of drug-likeness (QED) is 0.735. The van der Waals surface area contributed by atoms with Gasteiger partial charge in [-0.3, -0.25) is 9.59 Å². The second kappa shape index (κ2) is 9.52. The summed E-state index contributed by atoms with van der Waals surface area (Å²) in [7, 11) is 0. The van der Waals surface area contributed by atoms with Crippen molar-refractivity contribution in [1.29, 1.82) is 0 Å². The molecule has 27 heavy (non-hydrogen) atoms. The molecular weight excluding hydrogens is 344 g/mol. The topological polar surface area (TPSA) is 84.5 Å². The minimum atomic E-state index is -0.576. The number of nitrogens with one attached hydrogen (secondary N) is 2. The Hall–Kier alpha value is -3.15. The van der Waals surface area contributed by atoms with Crippen LogP contribution in [-0.2, 0) is 20.9 Å². The Morgan fingerprint density at radius 3 is 2.30 bits per heavy atom. The summed E-state index contributed by atoms with van der Waals surface area (Å²) >= 11 is 0. The molecule has 0 radical (unpaired) electrons. The highest BCUT2D eigenvalue weighted by atomic mass is 16.5. The van der Waals surface area contributed by atoms with Crippen molar-refractivity contribution in [1.82, 2.24) is 5.32 Å². The average Bonchev–Trinajstić information content (AvgIpc) is 2.65. The second-order valence-corrected chi connectivity index (χ2v) is 6.47. The predicted molar refractivity (Wildman–Crippen MR) is 103 cm³/mol. The number of benzene rings is 2. The van der Waals surface area contributed by atoms with E-state index in [0.29, 0.717) is 12.1 Å². The average molecular weight is 368 g/mol. The highest BCUT2D eigenvalue weighted by molar-refractivity contribution is 5.96. The molecule has 0 aliphatic carbocycles. The molecular formula is C21H24N2O4. The third-order valence-corrected chi connectivity index (χ3v) is 3.92. The lowest BCUT2D eigenvalue weighted by atomic mass is 10.0. The molecule has 2 amide bonds. The van der Waals surface area contributed by atoms with Crippen LogP contribution >= 0.6 is 0 Å². The molecule has 0 spiro atoms. The SMILES string of the molecule is CC(=O)NCc1ccc(C(=O)OCC(=O)Nc2ccccc2C(C)C)cc1. The molecule has 2 aromatic rings. The summed E-state index contributed by atoms with van der Waals surface area (Å²) in [5.74, 6) is -0.823. The molecule has 0 aromatic heterocycles.